The van der Waals surface area contributed by atoms with Gasteiger partial charge in [0.1, 0.15) is 5.01 Å². The molecule has 1 atom stereocenters. The Morgan fingerprint density at radius 3 is 2.80 bits per heavy atom. The number of nitrogens with zero attached hydrogens (tertiary/aromatic N) is 1. The lowest BCUT2D eigenvalue weighted by molar-refractivity contribution is 0.481. The van der Waals surface area contributed by atoms with Crippen LogP contribution in [0.5, 0.6) is 0 Å². The van der Waals surface area contributed by atoms with Gasteiger partial charge in [-0.3, -0.25) is 0 Å². The van der Waals surface area contributed by atoms with Gasteiger partial charge in [0.05, 0.1) is 5.69 Å². The molecular weight excluding hydrogens is 288 g/mol. The van der Waals surface area contributed by atoms with Crippen LogP contribution in [0.1, 0.15) is 10.6 Å². The third kappa shape index (κ3) is 1.63. The molecular formula is C14H12N4S2. The maximum atomic E-state index is 6.54. The molecule has 0 aliphatic carbocycles. The first-order valence-corrected chi connectivity index (χ1v) is 7.94. The summed E-state index contributed by atoms with van der Waals surface area (Å²) >= 11 is 3.27. The quantitative estimate of drug-likeness (QED) is 0.681. The van der Waals surface area contributed by atoms with Crippen molar-refractivity contribution >= 4 is 28.4 Å². The second-order valence-corrected chi connectivity index (χ2v) is 6.44. The molecule has 6 heteroatoms. The van der Waals surface area contributed by atoms with Crippen molar-refractivity contribution < 1.29 is 0 Å². The van der Waals surface area contributed by atoms with Gasteiger partial charge in [0.2, 0.25) is 0 Å². The first-order valence-electron chi connectivity index (χ1n) is 6.18. The molecule has 1 aliphatic rings. The highest BCUT2D eigenvalue weighted by Crippen LogP contribution is 2.42. The number of rotatable bonds is 2. The Balaban J connectivity index is 1.90. The maximum absolute atomic E-state index is 6.54. The van der Waals surface area contributed by atoms with Gasteiger partial charge >= 0.3 is 0 Å². The number of hydrazine groups is 1. The van der Waals surface area contributed by atoms with Crippen molar-refractivity contribution in [3.63, 3.8) is 0 Å². The van der Waals surface area contributed by atoms with E-state index in [1.807, 2.05) is 17.5 Å². The predicted octanol–water partition coefficient (Wildman–Crippen LogP) is 2.96. The van der Waals surface area contributed by atoms with Crippen LogP contribution >= 0.6 is 22.7 Å². The normalized spacial score (nSPS) is 20.6. The molecule has 3 heterocycles. The molecule has 3 aromatic rings. The van der Waals surface area contributed by atoms with Gasteiger partial charge in [0, 0.05) is 27.6 Å². The monoisotopic (exact) mass is 300 g/mol. The molecule has 4 nitrogen and oxygen atoms in total. The largest absolute Gasteiger partial charge is 0.318 e. The molecule has 20 heavy (non-hydrogen) atoms. The first-order chi connectivity index (χ1) is 9.79. The average molecular weight is 300 g/mol. The number of fused-ring (bicyclic) bond motifs is 1. The minimum atomic E-state index is -0.767. The lowest BCUT2D eigenvalue weighted by Crippen LogP contribution is -2.48. The van der Waals surface area contributed by atoms with Crippen molar-refractivity contribution in [2.24, 2.45) is 5.73 Å². The van der Waals surface area contributed by atoms with Crippen molar-refractivity contribution in [3.05, 3.63) is 57.9 Å². The molecule has 1 aliphatic heterocycles. The van der Waals surface area contributed by atoms with Crippen molar-refractivity contribution in [1.29, 1.82) is 0 Å². The van der Waals surface area contributed by atoms with Gasteiger partial charge in [-0.2, -0.15) is 0 Å². The van der Waals surface area contributed by atoms with Crippen LogP contribution in [0.25, 0.3) is 10.4 Å². The molecule has 4 N–H and O–H groups in total. The van der Waals surface area contributed by atoms with E-state index in [4.69, 9.17) is 5.73 Å². The first kappa shape index (κ1) is 12.0. The summed E-state index contributed by atoms with van der Waals surface area (Å²) in [5.41, 5.74) is 15.4. The SMILES string of the molecule is NC1(c2nccs2)NNc2c(-c3cccs3)cccc21. The Labute approximate surface area is 124 Å². The van der Waals surface area contributed by atoms with Gasteiger partial charge in [0.15, 0.2) is 5.66 Å². The zero-order valence-corrected chi connectivity index (χ0v) is 12.1. The zero-order chi connectivity index (χ0) is 13.6. The maximum Gasteiger partial charge on any atom is 0.164 e. The van der Waals surface area contributed by atoms with E-state index in [1.54, 1.807) is 28.9 Å². The molecule has 2 aromatic heterocycles. The van der Waals surface area contributed by atoms with Crippen molar-refractivity contribution in [2.75, 3.05) is 5.43 Å². The fourth-order valence-electron chi connectivity index (χ4n) is 2.47. The molecule has 0 saturated carbocycles. The Hall–Kier alpha value is -1.73. The van der Waals surface area contributed by atoms with Gasteiger partial charge < -0.3 is 11.2 Å². The van der Waals surface area contributed by atoms with Gasteiger partial charge in [-0.05, 0) is 11.4 Å². The minimum Gasteiger partial charge on any atom is -0.318 e. The summed E-state index contributed by atoms with van der Waals surface area (Å²) in [7, 11) is 0. The van der Waals surface area contributed by atoms with Crippen LogP contribution in [0.3, 0.4) is 0 Å². The highest BCUT2D eigenvalue weighted by atomic mass is 32.1. The number of benzene rings is 1. The average Bonchev–Trinajstić information content (AvgIpc) is 3.20. The summed E-state index contributed by atoms with van der Waals surface area (Å²) < 4.78 is 0. The molecule has 100 valence electrons. The van der Waals surface area contributed by atoms with E-state index in [2.05, 4.69) is 39.4 Å². The Bertz CT molecular complexity index is 737. The fraction of sp³-hybridized carbons (Fsp3) is 0.0714. The van der Waals surface area contributed by atoms with Crippen molar-refractivity contribution in [1.82, 2.24) is 10.4 Å². The Morgan fingerprint density at radius 1 is 1.10 bits per heavy atom. The van der Waals surface area contributed by atoms with Crippen molar-refractivity contribution in [2.45, 2.75) is 5.66 Å². The molecule has 0 saturated heterocycles. The summed E-state index contributed by atoms with van der Waals surface area (Å²) in [5, 5.41) is 4.87. The number of para-hydroxylation sites is 1. The molecule has 0 radical (unpaired) electrons. The third-order valence-electron chi connectivity index (χ3n) is 3.43. The molecule has 4 rings (SSSR count). The number of thiophene rings is 1. The lowest BCUT2D eigenvalue weighted by atomic mass is 9.98. The van der Waals surface area contributed by atoms with Gasteiger partial charge in [-0.15, -0.1) is 22.7 Å². The van der Waals surface area contributed by atoms with E-state index in [0.717, 1.165) is 21.8 Å². The molecule has 1 unspecified atom stereocenters. The number of nitrogens with two attached hydrogens (primary N) is 1. The number of anilines is 1. The number of hydrogen-bond acceptors (Lipinski definition) is 6. The summed E-state index contributed by atoms with van der Waals surface area (Å²) in [6.07, 6.45) is 1.78. The van der Waals surface area contributed by atoms with Crippen LogP contribution < -0.4 is 16.6 Å². The standard InChI is InChI=1S/C14H12N4S2/c15-14(13-16-6-8-20-13)10-4-1-3-9(12(10)17-18-14)11-5-2-7-19-11/h1-8,17-18H,15H2. The van der Waals surface area contributed by atoms with Crippen LogP contribution in [0.4, 0.5) is 5.69 Å². The van der Waals surface area contributed by atoms with Crippen LogP contribution in [0.15, 0.2) is 47.3 Å². The van der Waals surface area contributed by atoms with Gasteiger partial charge in [-0.25, -0.2) is 10.4 Å². The zero-order valence-electron chi connectivity index (χ0n) is 10.5. The van der Waals surface area contributed by atoms with E-state index in [-0.39, 0.29) is 0 Å². The van der Waals surface area contributed by atoms with E-state index in [1.165, 1.54) is 4.88 Å². The second kappa shape index (κ2) is 4.39. The molecule has 0 fully saturated rings. The second-order valence-electron chi connectivity index (χ2n) is 4.60. The molecule has 0 amide bonds. The van der Waals surface area contributed by atoms with E-state index in [9.17, 15) is 0 Å². The van der Waals surface area contributed by atoms with Crippen LogP contribution in [0.2, 0.25) is 0 Å². The number of aromatic nitrogens is 1. The van der Waals surface area contributed by atoms with Gasteiger partial charge in [0.25, 0.3) is 0 Å². The van der Waals surface area contributed by atoms with E-state index >= 15 is 0 Å². The smallest absolute Gasteiger partial charge is 0.164 e. The lowest BCUT2D eigenvalue weighted by Gasteiger charge is -2.21. The summed E-state index contributed by atoms with van der Waals surface area (Å²) in [6, 6.07) is 10.4. The summed E-state index contributed by atoms with van der Waals surface area (Å²) in [4.78, 5) is 5.58. The van der Waals surface area contributed by atoms with Crippen LogP contribution in [-0.4, -0.2) is 4.98 Å². The number of thiazole rings is 1. The minimum absolute atomic E-state index is 0.767. The highest BCUT2D eigenvalue weighted by molar-refractivity contribution is 7.13. The fourth-order valence-corrected chi connectivity index (χ4v) is 3.95. The topological polar surface area (TPSA) is 63.0 Å². The van der Waals surface area contributed by atoms with E-state index in [0.29, 0.717) is 0 Å². The Kier molecular flexibility index (Phi) is 2.64. The third-order valence-corrected chi connectivity index (χ3v) is 5.24. The van der Waals surface area contributed by atoms with Gasteiger partial charge in [-0.1, -0.05) is 24.3 Å². The van der Waals surface area contributed by atoms with Crippen LogP contribution in [-0.2, 0) is 5.66 Å². The number of hydrogen-bond donors (Lipinski definition) is 3. The summed E-state index contributed by atoms with van der Waals surface area (Å²) in [5.74, 6) is 0. The van der Waals surface area contributed by atoms with Crippen molar-refractivity contribution in [3.8, 4) is 10.4 Å². The molecule has 0 bridgehead atoms. The predicted molar refractivity (Wildman–Crippen MR) is 83.6 cm³/mol. The molecule has 0 spiro atoms. The molecule has 1 aromatic carbocycles. The Morgan fingerprint density at radius 2 is 2.05 bits per heavy atom. The summed E-state index contributed by atoms with van der Waals surface area (Å²) in [6.45, 7) is 0. The van der Waals surface area contributed by atoms with Crippen LogP contribution in [0, 0.1) is 0 Å². The highest BCUT2D eigenvalue weighted by Gasteiger charge is 2.40. The van der Waals surface area contributed by atoms with E-state index < -0.39 is 5.66 Å². The number of nitrogens with one attached hydrogen (secondary N) is 2.